The van der Waals surface area contributed by atoms with Crippen LogP contribution in [0.4, 0.5) is 18.9 Å². The predicted octanol–water partition coefficient (Wildman–Crippen LogP) is 3.04. The second-order valence-electron chi connectivity index (χ2n) is 6.13. The van der Waals surface area contributed by atoms with Crippen LogP contribution in [0.2, 0.25) is 0 Å². The SMILES string of the molecule is Cc1ncn2cccc(NS(=O)(=O)c3cnn(-c4cc(C(F)(F)F)ccn4)c3)c12. The first kappa shape index (κ1) is 18.9. The second-order valence-corrected chi connectivity index (χ2v) is 7.82. The molecule has 0 spiro atoms. The molecule has 4 aromatic heterocycles. The standard InChI is InChI=1S/C17H13F3N6O2S/c1-11-16-14(3-2-6-25(16)10-22-11)24-29(27,28)13-8-23-26(9-13)15-7-12(4-5-21-15)17(18,19)20/h2-10,24H,1H3. The van der Waals surface area contributed by atoms with Gasteiger partial charge in [0.15, 0.2) is 5.82 Å². The normalized spacial score (nSPS) is 12.4. The summed E-state index contributed by atoms with van der Waals surface area (Å²) in [5, 5.41) is 3.84. The molecule has 4 rings (SSSR count). The third-order valence-electron chi connectivity index (χ3n) is 4.16. The number of rotatable bonds is 4. The van der Waals surface area contributed by atoms with Gasteiger partial charge in [0.2, 0.25) is 0 Å². The minimum atomic E-state index is -4.55. The van der Waals surface area contributed by atoms with Gasteiger partial charge >= 0.3 is 6.18 Å². The minimum Gasteiger partial charge on any atom is -0.304 e. The maximum Gasteiger partial charge on any atom is 0.416 e. The maximum absolute atomic E-state index is 12.9. The van der Waals surface area contributed by atoms with E-state index in [2.05, 4.69) is 19.8 Å². The Balaban J connectivity index is 1.68. The van der Waals surface area contributed by atoms with Gasteiger partial charge in [0.25, 0.3) is 10.0 Å². The summed E-state index contributed by atoms with van der Waals surface area (Å²) in [4.78, 5) is 7.74. The second kappa shape index (κ2) is 6.58. The molecule has 8 nitrogen and oxygen atoms in total. The molecule has 0 aliphatic carbocycles. The van der Waals surface area contributed by atoms with E-state index in [-0.39, 0.29) is 10.7 Å². The van der Waals surface area contributed by atoms with Crippen molar-refractivity contribution in [2.45, 2.75) is 18.0 Å². The number of fused-ring (bicyclic) bond motifs is 1. The number of aryl methyl sites for hydroxylation is 1. The lowest BCUT2D eigenvalue weighted by atomic mass is 10.2. The maximum atomic E-state index is 12.9. The third kappa shape index (κ3) is 3.53. The number of aromatic nitrogens is 5. The lowest BCUT2D eigenvalue weighted by Crippen LogP contribution is -2.13. The van der Waals surface area contributed by atoms with Crippen molar-refractivity contribution >= 4 is 21.2 Å². The van der Waals surface area contributed by atoms with Gasteiger partial charge in [-0.15, -0.1) is 0 Å². The molecule has 29 heavy (non-hydrogen) atoms. The van der Waals surface area contributed by atoms with Crippen molar-refractivity contribution in [3.05, 3.63) is 66.6 Å². The number of hydrogen-bond donors (Lipinski definition) is 1. The number of halogens is 3. The summed E-state index contributed by atoms with van der Waals surface area (Å²) in [5.74, 6) is -0.157. The summed E-state index contributed by atoms with van der Waals surface area (Å²) in [6, 6.07) is 4.84. The Morgan fingerprint density at radius 2 is 1.97 bits per heavy atom. The fourth-order valence-electron chi connectivity index (χ4n) is 2.79. The number of nitrogens with zero attached hydrogens (tertiary/aromatic N) is 5. The van der Waals surface area contributed by atoms with Crippen LogP contribution in [0.5, 0.6) is 0 Å². The number of imidazole rings is 1. The zero-order valence-corrected chi connectivity index (χ0v) is 15.6. The summed E-state index contributed by atoms with van der Waals surface area (Å²) in [5.41, 5.74) is 0.617. The van der Waals surface area contributed by atoms with Crippen molar-refractivity contribution < 1.29 is 21.6 Å². The van der Waals surface area contributed by atoms with Crippen LogP contribution in [-0.2, 0) is 16.2 Å². The molecule has 0 unspecified atom stereocenters. The highest BCUT2D eigenvalue weighted by atomic mass is 32.2. The average Bonchev–Trinajstić information content (AvgIpc) is 3.30. The topological polar surface area (TPSA) is 94.2 Å². The number of anilines is 1. The van der Waals surface area contributed by atoms with Crippen molar-refractivity contribution in [3.8, 4) is 5.82 Å². The van der Waals surface area contributed by atoms with Gasteiger partial charge in [-0.25, -0.2) is 23.1 Å². The Hall–Kier alpha value is -3.41. The summed E-state index contributed by atoms with van der Waals surface area (Å²) in [6.07, 6.45) is 1.84. The van der Waals surface area contributed by atoms with Crippen LogP contribution < -0.4 is 4.72 Å². The molecule has 12 heteroatoms. The minimum absolute atomic E-state index is 0.157. The monoisotopic (exact) mass is 422 g/mol. The summed E-state index contributed by atoms with van der Waals surface area (Å²) in [7, 11) is -4.05. The van der Waals surface area contributed by atoms with Crippen LogP contribution in [0.1, 0.15) is 11.3 Å². The molecule has 0 atom stereocenters. The van der Waals surface area contributed by atoms with E-state index in [9.17, 15) is 21.6 Å². The molecule has 0 aliphatic heterocycles. The van der Waals surface area contributed by atoms with Gasteiger partial charge in [-0.05, 0) is 31.2 Å². The lowest BCUT2D eigenvalue weighted by Gasteiger charge is -2.09. The van der Waals surface area contributed by atoms with Crippen LogP contribution in [0.15, 0.2) is 60.3 Å². The molecule has 0 bridgehead atoms. The zero-order valence-electron chi connectivity index (χ0n) is 14.8. The highest BCUT2D eigenvalue weighted by molar-refractivity contribution is 7.92. The number of hydrogen-bond acceptors (Lipinski definition) is 5. The number of pyridine rings is 2. The van der Waals surface area contributed by atoms with Gasteiger partial charge in [0.1, 0.15) is 4.90 Å². The van der Waals surface area contributed by atoms with E-state index >= 15 is 0 Å². The van der Waals surface area contributed by atoms with Crippen LogP contribution in [0, 0.1) is 6.92 Å². The van der Waals surface area contributed by atoms with E-state index in [0.717, 1.165) is 35.4 Å². The summed E-state index contributed by atoms with van der Waals surface area (Å²) >= 11 is 0. The smallest absolute Gasteiger partial charge is 0.304 e. The van der Waals surface area contributed by atoms with E-state index in [1.54, 1.807) is 36.0 Å². The van der Waals surface area contributed by atoms with Crippen LogP contribution >= 0.6 is 0 Å². The Bertz CT molecular complexity index is 1310. The number of sulfonamides is 1. The van der Waals surface area contributed by atoms with Crippen LogP contribution in [0.25, 0.3) is 11.3 Å². The molecule has 4 aromatic rings. The van der Waals surface area contributed by atoms with Crippen LogP contribution in [0.3, 0.4) is 0 Å². The van der Waals surface area contributed by atoms with Gasteiger partial charge in [-0.1, -0.05) is 0 Å². The van der Waals surface area contributed by atoms with E-state index in [1.165, 1.54) is 0 Å². The molecule has 0 aliphatic rings. The molecule has 150 valence electrons. The van der Waals surface area contributed by atoms with Crippen molar-refractivity contribution in [2.24, 2.45) is 0 Å². The Morgan fingerprint density at radius 3 is 2.72 bits per heavy atom. The molecule has 4 heterocycles. The lowest BCUT2D eigenvalue weighted by molar-refractivity contribution is -0.137. The zero-order chi connectivity index (χ0) is 20.8. The third-order valence-corrected chi connectivity index (χ3v) is 5.48. The van der Waals surface area contributed by atoms with E-state index in [4.69, 9.17) is 0 Å². The van der Waals surface area contributed by atoms with Gasteiger partial charge in [0.05, 0.1) is 41.2 Å². The molecular weight excluding hydrogens is 409 g/mol. The molecular formula is C17H13F3N6O2S. The van der Waals surface area contributed by atoms with Crippen molar-refractivity contribution in [1.82, 2.24) is 24.1 Å². The first-order valence-corrected chi connectivity index (χ1v) is 9.67. The average molecular weight is 422 g/mol. The van der Waals surface area contributed by atoms with Crippen molar-refractivity contribution in [3.63, 3.8) is 0 Å². The quantitative estimate of drug-likeness (QED) is 0.546. The fourth-order valence-corrected chi connectivity index (χ4v) is 3.79. The van der Waals surface area contributed by atoms with E-state index in [0.29, 0.717) is 16.9 Å². The van der Waals surface area contributed by atoms with Crippen LogP contribution in [-0.4, -0.2) is 32.6 Å². The molecule has 0 aromatic carbocycles. The fraction of sp³-hybridized carbons (Fsp3) is 0.118. The Kier molecular flexibility index (Phi) is 4.30. The van der Waals surface area contributed by atoms with Gasteiger partial charge in [-0.2, -0.15) is 18.3 Å². The highest BCUT2D eigenvalue weighted by Gasteiger charge is 2.31. The molecule has 1 N–H and O–H groups in total. The Morgan fingerprint density at radius 1 is 1.17 bits per heavy atom. The molecule has 0 saturated carbocycles. The van der Waals surface area contributed by atoms with E-state index in [1.807, 2.05) is 0 Å². The summed E-state index contributed by atoms with van der Waals surface area (Å²) < 4.78 is 69.3. The number of alkyl halides is 3. The molecule has 0 radical (unpaired) electrons. The van der Waals surface area contributed by atoms with Gasteiger partial charge in [0, 0.05) is 12.4 Å². The first-order valence-electron chi connectivity index (χ1n) is 8.18. The largest absolute Gasteiger partial charge is 0.416 e. The van der Waals surface area contributed by atoms with Crippen molar-refractivity contribution in [2.75, 3.05) is 4.72 Å². The molecule has 0 amide bonds. The number of nitrogens with one attached hydrogen (secondary N) is 1. The Labute approximate surface area is 162 Å². The highest BCUT2D eigenvalue weighted by Crippen LogP contribution is 2.30. The predicted molar refractivity (Wildman–Crippen MR) is 97.1 cm³/mol. The molecule has 0 saturated heterocycles. The van der Waals surface area contributed by atoms with E-state index < -0.39 is 21.8 Å². The summed E-state index contributed by atoms with van der Waals surface area (Å²) in [6.45, 7) is 1.74. The van der Waals surface area contributed by atoms with Gasteiger partial charge in [-0.3, -0.25) is 4.72 Å². The van der Waals surface area contributed by atoms with Gasteiger partial charge < -0.3 is 4.40 Å². The first-order chi connectivity index (χ1) is 13.6. The molecule has 0 fully saturated rings. The van der Waals surface area contributed by atoms with Crippen molar-refractivity contribution in [1.29, 1.82) is 0 Å².